The van der Waals surface area contributed by atoms with Gasteiger partial charge in [0.15, 0.2) is 0 Å². The molecule has 7 heteroatoms. The predicted molar refractivity (Wildman–Crippen MR) is 78.3 cm³/mol. The van der Waals surface area contributed by atoms with Crippen molar-refractivity contribution >= 4 is 15.8 Å². The first-order chi connectivity index (χ1) is 9.77. The van der Waals surface area contributed by atoms with E-state index in [0.29, 0.717) is 5.56 Å². The summed E-state index contributed by atoms with van der Waals surface area (Å²) in [6, 6.07) is 5.10. The fraction of sp³-hybridized carbons (Fsp3) is 0.500. The van der Waals surface area contributed by atoms with E-state index in [0.717, 1.165) is 0 Å². The first kappa shape index (κ1) is 17.6. The number of carboxylic acids is 1. The summed E-state index contributed by atoms with van der Waals surface area (Å²) in [5.74, 6) is -1.67. The van der Waals surface area contributed by atoms with E-state index in [1.807, 2.05) is 0 Å². The predicted octanol–water partition coefficient (Wildman–Crippen LogP) is 1.32. The Morgan fingerprint density at radius 2 is 1.90 bits per heavy atom. The molecule has 0 heterocycles. The van der Waals surface area contributed by atoms with Crippen LogP contribution in [0.3, 0.4) is 0 Å². The molecule has 1 rings (SSSR count). The second kappa shape index (κ2) is 7.00. The van der Waals surface area contributed by atoms with Gasteiger partial charge in [-0.2, -0.15) is 0 Å². The van der Waals surface area contributed by atoms with E-state index in [1.54, 1.807) is 6.92 Å². The Morgan fingerprint density at radius 3 is 2.33 bits per heavy atom. The molecule has 3 N–H and O–H groups in total. The average molecular weight is 317 g/mol. The van der Waals surface area contributed by atoms with Crippen LogP contribution in [0.5, 0.6) is 0 Å². The van der Waals surface area contributed by atoms with Crippen LogP contribution in [0, 0.1) is 5.82 Å². The highest BCUT2D eigenvalue weighted by Crippen LogP contribution is 2.29. The quantitative estimate of drug-likeness (QED) is 0.753. The van der Waals surface area contributed by atoms with Crippen LogP contribution >= 0.6 is 0 Å². The number of carbonyl (C=O) groups is 1. The summed E-state index contributed by atoms with van der Waals surface area (Å²) in [7, 11) is -3.16. The Labute approximate surface area is 123 Å². The van der Waals surface area contributed by atoms with E-state index >= 15 is 0 Å². The van der Waals surface area contributed by atoms with Gasteiger partial charge in [-0.3, -0.25) is 4.79 Å². The maximum Gasteiger partial charge on any atom is 0.315 e. The maximum atomic E-state index is 13.0. The van der Waals surface area contributed by atoms with Gasteiger partial charge in [0, 0.05) is 12.3 Å². The Bertz CT molecular complexity index is 585. The summed E-state index contributed by atoms with van der Waals surface area (Å²) in [5, 5.41) is 9.51. The molecule has 0 saturated carbocycles. The van der Waals surface area contributed by atoms with Crippen LogP contribution in [0.2, 0.25) is 0 Å². The average Bonchev–Trinajstić information content (AvgIpc) is 2.44. The van der Waals surface area contributed by atoms with Gasteiger partial charge in [-0.15, -0.1) is 0 Å². The molecule has 0 saturated heterocycles. The molecule has 0 spiro atoms. The lowest BCUT2D eigenvalue weighted by atomic mass is 9.77. The Balaban J connectivity index is 3.00. The van der Waals surface area contributed by atoms with E-state index in [9.17, 15) is 22.7 Å². The number of benzene rings is 1. The normalized spacial score (nSPS) is 14.6. The second-order valence-electron chi connectivity index (χ2n) is 4.94. The van der Waals surface area contributed by atoms with Crippen molar-refractivity contribution in [3.63, 3.8) is 0 Å². The number of sulfone groups is 1. The maximum absolute atomic E-state index is 13.0. The minimum Gasteiger partial charge on any atom is -0.481 e. The number of nitrogens with two attached hydrogens (primary N) is 1. The fourth-order valence-corrected chi connectivity index (χ4v) is 3.06. The SMILES string of the molecule is CCS(=O)(=O)CCCC(CN)(C(=O)O)c1ccc(F)cc1. The summed E-state index contributed by atoms with van der Waals surface area (Å²) in [5.41, 5.74) is 4.63. The van der Waals surface area contributed by atoms with E-state index in [-0.39, 0.29) is 30.9 Å². The number of rotatable bonds is 8. The largest absolute Gasteiger partial charge is 0.481 e. The third kappa shape index (κ3) is 4.25. The molecular formula is C14H20FNO4S. The summed E-state index contributed by atoms with van der Waals surface area (Å²) < 4.78 is 36.0. The number of hydrogen-bond acceptors (Lipinski definition) is 4. The lowest BCUT2D eigenvalue weighted by Crippen LogP contribution is -2.43. The van der Waals surface area contributed by atoms with Crippen molar-refractivity contribution in [3.05, 3.63) is 35.6 Å². The van der Waals surface area contributed by atoms with Gasteiger partial charge in [-0.1, -0.05) is 19.1 Å². The van der Waals surface area contributed by atoms with Gasteiger partial charge in [-0.25, -0.2) is 12.8 Å². The minimum atomic E-state index is -3.16. The van der Waals surface area contributed by atoms with Crippen LogP contribution in [0.25, 0.3) is 0 Å². The van der Waals surface area contributed by atoms with Gasteiger partial charge < -0.3 is 10.8 Å². The number of carboxylic acid groups (broad SMARTS) is 1. The van der Waals surface area contributed by atoms with Crippen LogP contribution < -0.4 is 5.73 Å². The fourth-order valence-electron chi connectivity index (χ4n) is 2.19. The molecule has 0 aliphatic carbocycles. The highest BCUT2D eigenvalue weighted by atomic mass is 32.2. The molecule has 118 valence electrons. The van der Waals surface area contributed by atoms with Crippen molar-refractivity contribution in [2.45, 2.75) is 25.2 Å². The molecule has 21 heavy (non-hydrogen) atoms. The molecule has 1 aromatic rings. The minimum absolute atomic E-state index is 0.0201. The number of aliphatic carboxylic acids is 1. The molecule has 0 bridgehead atoms. The van der Waals surface area contributed by atoms with Gasteiger partial charge in [-0.05, 0) is 30.5 Å². The summed E-state index contributed by atoms with van der Waals surface area (Å²) >= 11 is 0. The number of hydrogen-bond donors (Lipinski definition) is 2. The first-order valence-corrected chi connectivity index (χ1v) is 8.49. The first-order valence-electron chi connectivity index (χ1n) is 6.67. The lowest BCUT2D eigenvalue weighted by Gasteiger charge is -2.28. The highest BCUT2D eigenvalue weighted by molar-refractivity contribution is 7.91. The molecule has 0 radical (unpaired) electrons. The van der Waals surface area contributed by atoms with Crippen molar-refractivity contribution in [2.24, 2.45) is 5.73 Å². The van der Waals surface area contributed by atoms with Crippen molar-refractivity contribution in [2.75, 3.05) is 18.1 Å². The zero-order chi connectivity index (χ0) is 16.1. The molecule has 0 aliphatic heterocycles. The molecule has 1 atom stereocenters. The second-order valence-corrected chi connectivity index (χ2v) is 7.41. The van der Waals surface area contributed by atoms with E-state index in [1.165, 1.54) is 24.3 Å². The Morgan fingerprint density at radius 1 is 1.33 bits per heavy atom. The highest BCUT2D eigenvalue weighted by Gasteiger charge is 2.38. The smallest absolute Gasteiger partial charge is 0.315 e. The standard InChI is InChI=1S/C14H20FNO4S/c1-2-21(19,20)9-3-8-14(10-16,13(17)18)11-4-6-12(15)7-5-11/h4-7H,2-3,8-10,16H2,1H3,(H,17,18). The topological polar surface area (TPSA) is 97.5 Å². The van der Waals surface area contributed by atoms with Crippen molar-refractivity contribution in [1.82, 2.24) is 0 Å². The molecule has 5 nitrogen and oxygen atoms in total. The zero-order valence-corrected chi connectivity index (χ0v) is 12.7. The Kier molecular flexibility index (Phi) is 5.86. The van der Waals surface area contributed by atoms with Gasteiger partial charge >= 0.3 is 5.97 Å². The van der Waals surface area contributed by atoms with Crippen molar-refractivity contribution in [1.29, 1.82) is 0 Å². The number of halogens is 1. The van der Waals surface area contributed by atoms with E-state index in [4.69, 9.17) is 5.73 Å². The summed E-state index contributed by atoms with van der Waals surface area (Å²) in [6.07, 6.45) is 0.279. The summed E-state index contributed by atoms with van der Waals surface area (Å²) in [4.78, 5) is 11.6. The molecule has 0 fully saturated rings. The molecular weight excluding hydrogens is 297 g/mol. The summed E-state index contributed by atoms with van der Waals surface area (Å²) in [6.45, 7) is 1.36. The third-order valence-electron chi connectivity index (χ3n) is 3.65. The van der Waals surface area contributed by atoms with Gasteiger partial charge in [0.1, 0.15) is 21.1 Å². The van der Waals surface area contributed by atoms with Crippen LogP contribution in [0.15, 0.2) is 24.3 Å². The molecule has 1 unspecified atom stereocenters. The van der Waals surface area contributed by atoms with Crippen molar-refractivity contribution in [3.8, 4) is 0 Å². The van der Waals surface area contributed by atoms with Crippen LogP contribution in [0.1, 0.15) is 25.3 Å². The van der Waals surface area contributed by atoms with Crippen molar-refractivity contribution < 1.29 is 22.7 Å². The molecule has 1 aromatic carbocycles. The zero-order valence-electron chi connectivity index (χ0n) is 11.9. The monoisotopic (exact) mass is 317 g/mol. The van der Waals surface area contributed by atoms with Gasteiger partial charge in [0.05, 0.1) is 5.75 Å². The molecule has 0 aromatic heterocycles. The van der Waals surface area contributed by atoms with E-state index < -0.39 is 27.0 Å². The van der Waals surface area contributed by atoms with Crippen LogP contribution in [0.4, 0.5) is 4.39 Å². The van der Waals surface area contributed by atoms with Crippen LogP contribution in [-0.2, 0) is 20.0 Å². The Hall–Kier alpha value is -1.47. The van der Waals surface area contributed by atoms with Gasteiger partial charge in [0.25, 0.3) is 0 Å². The third-order valence-corrected chi connectivity index (χ3v) is 5.44. The van der Waals surface area contributed by atoms with Crippen LogP contribution in [-0.4, -0.2) is 37.5 Å². The lowest BCUT2D eigenvalue weighted by molar-refractivity contribution is -0.143. The molecule has 0 aliphatic rings. The molecule has 0 amide bonds. The van der Waals surface area contributed by atoms with Gasteiger partial charge in [0.2, 0.25) is 0 Å². The van der Waals surface area contributed by atoms with E-state index in [2.05, 4.69) is 0 Å².